The number of carbonyl (C=O) groups excluding carboxylic acids is 1. The molecule has 0 saturated carbocycles. The summed E-state index contributed by atoms with van der Waals surface area (Å²) >= 11 is 1.68. The summed E-state index contributed by atoms with van der Waals surface area (Å²) in [5, 5.41) is 0.389. The van der Waals surface area contributed by atoms with Gasteiger partial charge in [-0.05, 0) is 38.5 Å². The number of carbonyl (C=O) groups is 1. The molecule has 4 nitrogen and oxygen atoms in total. The zero-order valence-electron chi connectivity index (χ0n) is 11.2. The van der Waals surface area contributed by atoms with Gasteiger partial charge in [-0.1, -0.05) is 0 Å². The molecule has 104 valence electrons. The molecule has 0 aliphatic carbocycles. The molecule has 0 spiro atoms. The van der Waals surface area contributed by atoms with Crippen LogP contribution >= 0.6 is 11.8 Å². The zero-order chi connectivity index (χ0) is 13.8. The first kappa shape index (κ1) is 14.2. The zero-order valence-corrected chi connectivity index (χ0v) is 12.0. The van der Waals surface area contributed by atoms with E-state index in [1.165, 1.54) is 0 Å². The molecule has 1 aromatic carbocycles. The standard InChI is InChI=1S/C14H19NO3S/c1-3-17-14(16)10-4-5-11(15)13(8-10)19-12-6-7-18-9(12)2/h4-5,8-9,12H,3,6-7,15H2,1-2H3. The van der Waals surface area contributed by atoms with Crippen molar-refractivity contribution in [1.29, 1.82) is 0 Å². The minimum absolute atomic E-state index is 0.218. The Morgan fingerprint density at radius 3 is 3.00 bits per heavy atom. The number of anilines is 1. The molecule has 2 rings (SSSR count). The molecule has 19 heavy (non-hydrogen) atoms. The van der Waals surface area contributed by atoms with E-state index in [4.69, 9.17) is 15.2 Å². The quantitative estimate of drug-likeness (QED) is 0.679. The SMILES string of the molecule is CCOC(=O)c1ccc(N)c(SC2CCOC2C)c1. The Hall–Kier alpha value is -1.20. The average molecular weight is 281 g/mol. The summed E-state index contributed by atoms with van der Waals surface area (Å²) in [5.74, 6) is -0.305. The molecule has 0 radical (unpaired) electrons. The molecule has 1 fully saturated rings. The third-order valence-corrected chi connectivity index (χ3v) is 4.64. The van der Waals surface area contributed by atoms with Gasteiger partial charge in [-0.3, -0.25) is 0 Å². The Bertz CT molecular complexity index is 464. The van der Waals surface area contributed by atoms with Gasteiger partial charge >= 0.3 is 5.97 Å². The van der Waals surface area contributed by atoms with E-state index in [9.17, 15) is 4.79 Å². The fraction of sp³-hybridized carbons (Fsp3) is 0.500. The van der Waals surface area contributed by atoms with Crippen LogP contribution < -0.4 is 5.73 Å². The maximum Gasteiger partial charge on any atom is 0.338 e. The van der Waals surface area contributed by atoms with Gasteiger partial charge in [0.15, 0.2) is 0 Å². The first-order valence-electron chi connectivity index (χ1n) is 6.46. The third-order valence-electron chi connectivity index (χ3n) is 3.11. The number of esters is 1. The fourth-order valence-corrected chi connectivity index (χ4v) is 3.22. The summed E-state index contributed by atoms with van der Waals surface area (Å²) in [5.41, 5.74) is 7.21. The van der Waals surface area contributed by atoms with E-state index >= 15 is 0 Å². The number of nitrogens with two attached hydrogens (primary N) is 1. The van der Waals surface area contributed by atoms with E-state index in [1.807, 2.05) is 6.07 Å². The smallest absolute Gasteiger partial charge is 0.338 e. The summed E-state index contributed by atoms with van der Waals surface area (Å²) in [7, 11) is 0. The highest BCUT2D eigenvalue weighted by molar-refractivity contribution is 8.00. The normalized spacial score (nSPS) is 22.4. The van der Waals surface area contributed by atoms with Crippen LogP contribution in [0.2, 0.25) is 0 Å². The van der Waals surface area contributed by atoms with Gasteiger partial charge in [0.2, 0.25) is 0 Å². The van der Waals surface area contributed by atoms with Crippen molar-refractivity contribution < 1.29 is 14.3 Å². The second kappa shape index (κ2) is 6.30. The topological polar surface area (TPSA) is 61.5 Å². The highest BCUT2D eigenvalue weighted by atomic mass is 32.2. The Morgan fingerprint density at radius 1 is 1.58 bits per heavy atom. The molecule has 2 atom stereocenters. The maximum atomic E-state index is 11.7. The first-order chi connectivity index (χ1) is 9.11. The monoisotopic (exact) mass is 281 g/mol. The van der Waals surface area contributed by atoms with Crippen molar-refractivity contribution in [2.45, 2.75) is 36.5 Å². The lowest BCUT2D eigenvalue weighted by atomic mass is 10.2. The van der Waals surface area contributed by atoms with Crippen molar-refractivity contribution in [2.24, 2.45) is 0 Å². The van der Waals surface area contributed by atoms with E-state index in [0.29, 0.717) is 23.1 Å². The van der Waals surface area contributed by atoms with E-state index < -0.39 is 0 Å². The lowest BCUT2D eigenvalue weighted by Crippen LogP contribution is -2.13. The summed E-state index contributed by atoms with van der Waals surface area (Å²) in [4.78, 5) is 12.6. The van der Waals surface area contributed by atoms with E-state index in [-0.39, 0.29) is 12.1 Å². The number of benzene rings is 1. The van der Waals surface area contributed by atoms with Crippen LogP contribution in [0, 0.1) is 0 Å². The molecular formula is C14H19NO3S. The number of hydrogen-bond donors (Lipinski definition) is 1. The second-order valence-electron chi connectivity index (χ2n) is 4.49. The Morgan fingerprint density at radius 2 is 2.37 bits per heavy atom. The minimum atomic E-state index is -0.305. The van der Waals surface area contributed by atoms with Crippen molar-refractivity contribution in [3.63, 3.8) is 0 Å². The molecule has 5 heteroatoms. The molecule has 1 aliphatic heterocycles. The molecule has 1 aliphatic rings. The predicted octanol–water partition coefficient (Wildman–Crippen LogP) is 2.72. The van der Waals surface area contributed by atoms with Gasteiger partial charge in [0.05, 0.1) is 18.3 Å². The van der Waals surface area contributed by atoms with Gasteiger partial charge in [-0.15, -0.1) is 11.8 Å². The van der Waals surface area contributed by atoms with Gasteiger partial charge < -0.3 is 15.2 Å². The lowest BCUT2D eigenvalue weighted by Gasteiger charge is -2.15. The molecule has 2 N–H and O–H groups in total. The molecule has 0 amide bonds. The fourth-order valence-electron chi connectivity index (χ4n) is 2.01. The van der Waals surface area contributed by atoms with Gasteiger partial charge in [0, 0.05) is 22.4 Å². The molecule has 1 aromatic rings. The molecule has 1 heterocycles. The Labute approximate surface area is 117 Å². The van der Waals surface area contributed by atoms with Gasteiger partial charge in [-0.25, -0.2) is 4.79 Å². The van der Waals surface area contributed by atoms with E-state index in [2.05, 4.69) is 6.92 Å². The van der Waals surface area contributed by atoms with E-state index in [1.54, 1.807) is 30.8 Å². The van der Waals surface area contributed by atoms with Crippen molar-refractivity contribution in [2.75, 3.05) is 18.9 Å². The second-order valence-corrected chi connectivity index (χ2v) is 5.77. The van der Waals surface area contributed by atoms with Crippen molar-refractivity contribution >= 4 is 23.4 Å². The van der Waals surface area contributed by atoms with Crippen molar-refractivity contribution in [3.8, 4) is 0 Å². The Balaban J connectivity index is 2.15. The summed E-state index contributed by atoms with van der Waals surface area (Å²) in [6.07, 6.45) is 1.23. The summed E-state index contributed by atoms with van der Waals surface area (Å²) in [6.45, 7) is 5.02. The van der Waals surface area contributed by atoms with Crippen LogP contribution in [0.4, 0.5) is 5.69 Å². The van der Waals surface area contributed by atoms with Crippen LogP contribution in [0.25, 0.3) is 0 Å². The van der Waals surface area contributed by atoms with E-state index in [0.717, 1.165) is 17.9 Å². The molecule has 1 saturated heterocycles. The highest BCUT2D eigenvalue weighted by Gasteiger charge is 2.26. The number of ether oxygens (including phenoxy) is 2. The largest absolute Gasteiger partial charge is 0.462 e. The van der Waals surface area contributed by atoms with Crippen LogP contribution in [-0.4, -0.2) is 30.5 Å². The number of hydrogen-bond acceptors (Lipinski definition) is 5. The highest BCUT2D eigenvalue weighted by Crippen LogP contribution is 2.36. The van der Waals surface area contributed by atoms with Crippen molar-refractivity contribution in [3.05, 3.63) is 23.8 Å². The summed E-state index contributed by atoms with van der Waals surface area (Å²) in [6, 6.07) is 5.27. The average Bonchev–Trinajstić information content (AvgIpc) is 2.78. The molecule has 2 unspecified atom stereocenters. The number of thioether (sulfide) groups is 1. The molecular weight excluding hydrogens is 262 g/mol. The first-order valence-corrected chi connectivity index (χ1v) is 7.34. The minimum Gasteiger partial charge on any atom is -0.462 e. The van der Waals surface area contributed by atoms with Gasteiger partial charge in [-0.2, -0.15) is 0 Å². The van der Waals surface area contributed by atoms with Crippen LogP contribution in [0.1, 0.15) is 30.6 Å². The molecule has 0 aromatic heterocycles. The number of rotatable bonds is 4. The van der Waals surface area contributed by atoms with Gasteiger partial charge in [0.1, 0.15) is 0 Å². The summed E-state index contributed by atoms with van der Waals surface area (Å²) < 4.78 is 10.5. The van der Waals surface area contributed by atoms with Crippen LogP contribution in [0.5, 0.6) is 0 Å². The molecule has 0 bridgehead atoms. The Kier molecular flexibility index (Phi) is 4.71. The van der Waals surface area contributed by atoms with Crippen LogP contribution in [-0.2, 0) is 9.47 Å². The van der Waals surface area contributed by atoms with Crippen LogP contribution in [0.3, 0.4) is 0 Å². The maximum absolute atomic E-state index is 11.7. The lowest BCUT2D eigenvalue weighted by molar-refractivity contribution is 0.0526. The van der Waals surface area contributed by atoms with Crippen molar-refractivity contribution in [1.82, 2.24) is 0 Å². The number of nitrogen functional groups attached to an aromatic ring is 1. The predicted molar refractivity (Wildman–Crippen MR) is 76.5 cm³/mol. The van der Waals surface area contributed by atoms with Gasteiger partial charge in [0.25, 0.3) is 0 Å². The van der Waals surface area contributed by atoms with Crippen LogP contribution in [0.15, 0.2) is 23.1 Å². The third kappa shape index (κ3) is 3.42.